The van der Waals surface area contributed by atoms with Gasteiger partial charge in [-0.1, -0.05) is 30.3 Å². The van der Waals surface area contributed by atoms with Crippen molar-refractivity contribution in [1.29, 1.82) is 0 Å². The predicted molar refractivity (Wildman–Crippen MR) is 155 cm³/mol. The highest BCUT2D eigenvalue weighted by Crippen LogP contribution is 2.30. The summed E-state index contributed by atoms with van der Waals surface area (Å²) < 4.78 is 12.1. The molecule has 40 heavy (non-hydrogen) atoms. The van der Waals surface area contributed by atoms with E-state index in [1.165, 1.54) is 0 Å². The molecule has 1 fully saturated rings. The zero-order valence-electron chi connectivity index (χ0n) is 22.3. The van der Waals surface area contributed by atoms with Crippen LogP contribution in [0.25, 0.3) is 11.3 Å². The highest BCUT2D eigenvalue weighted by Gasteiger charge is 2.24. The topological polar surface area (TPSA) is 122 Å². The molecule has 0 bridgehead atoms. The van der Waals surface area contributed by atoms with Gasteiger partial charge in [0.1, 0.15) is 24.3 Å². The molecule has 0 aliphatic carbocycles. The maximum atomic E-state index is 10.8. The maximum Gasteiger partial charge on any atom is 0.322 e. The second-order valence-electron chi connectivity index (χ2n) is 9.33. The number of nitrogens with one attached hydrogen (secondary N) is 2. The normalized spacial score (nSPS) is 14.8. The van der Waals surface area contributed by atoms with Crippen LogP contribution in [0.1, 0.15) is 19.8 Å². The molecule has 0 amide bonds. The molecule has 2 aromatic carbocycles. The third-order valence-electron chi connectivity index (χ3n) is 6.40. The molecule has 206 valence electrons. The summed E-state index contributed by atoms with van der Waals surface area (Å²) in [6.07, 6.45) is 5.39. The Morgan fingerprint density at radius 3 is 2.62 bits per heavy atom. The van der Waals surface area contributed by atoms with Crippen LogP contribution in [0, 0.1) is 0 Å². The SMILES string of the molecule is CCOc1ccccc1O[C@@H]1CCCN(c2cncc(Nc3cccc(-c4ccc(NCC(=O)O)cc4)n3)n2)C1. The van der Waals surface area contributed by atoms with Crippen LogP contribution in [0.3, 0.4) is 0 Å². The first-order valence-corrected chi connectivity index (χ1v) is 13.3. The summed E-state index contributed by atoms with van der Waals surface area (Å²) in [6, 6.07) is 21.0. The first kappa shape index (κ1) is 26.7. The van der Waals surface area contributed by atoms with Gasteiger partial charge in [0.25, 0.3) is 0 Å². The standard InChI is InChI=1S/C30H32N6O4/c1-2-39-25-9-3-4-10-26(25)40-23-7-6-16-36(20-23)29-18-31-17-28(35-29)34-27-11-5-8-24(33-27)21-12-14-22(15-13-21)32-19-30(37)38/h3-5,8-15,17-18,23,32H,2,6-7,16,19-20H2,1H3,(H,37,38)(H,33,34,35)/t23-/m1/s1. The van der Waals surface area contributed by atoms with Gasteiger partial charge in [-0.2, -0.15) is 0 Å². The smallest absolute Gasteiger partial charge is 0.322 e. The van der Waals surface area contributed by atoms with Crippen molar-refractivity contribution in [2.24, 2.45) is 0 Å². The van der Waals surface area contributed by atoms with E-state index in [-0.39, 0.29) is 12.6 Å². The van der Waals surface area contributed by atoms with Crippen molar-refractivity contribution >= 4 is 29.1 Å². The van der Waals surface area contributed by atoms with Gasteiger partial charge in [0.2, 0.25) is 0 Å². The van der Waals surface area contributed by atoms with Crippen LogP contribution in [0.15, 0.2) is 79.1 Å². The van der Waals surface area contributed by atoms with E-state index < -0.39 is 5.97 Å². The third kappa shape index (κ3) is 6.96. The van der Waals surface area contributed by atoms with Crippen molar-refractivity contribution in [2.75, 3.05) is 41.8 Å². The minimum Gasteiger partial charge on any atom is -0.490 e. The van der Waals surface area contributed by atoms with E-state index in [0.29, 0.717) is 24.8 Å². The highest BCUT2D eigenvalue weighted by atomic mass is 16.5. The number of rotatable bonds is 11. The predicted octanol–water partition coefficient (Wildman–Crippen LogP) is 5.23. The molecule has 1 aliphatic rings. The number of ether oxygens (including phenoxy) is 2. The Labute approximate surface area is 233 Å². The molecule has 0 unspecified atom stereocenters. The zero-order chi connectivity index (χ0) is 27.7. The number of piperidine rings is 1. The van der Waals surface area contributed by atoms with Gasteiger partial charge in [0.15, 0.2) is 17.3 Å². The molecule has 1 atom stereocenters. The minimum atomic E-state index is -0.909. The molecule has 1 saturated heterocycles. The number of carboxylic acids is 1. The Bertz CT molecular complexity index is 1430. The van der Waals surface area contributed by atoms with Gasteiger partial charge >= 0.3 is 5.97 Å². The second kappa shape index (κ2) is 12.8. The Morgan fingerprint density at radius 1 is 1.00 bits per heavy atom. The number of nitrogens with zero attached hydrogens (tertiary/aromatic N) is 4. The Balaban J connectivity index is 1.24. The van der Waals surface area contributed by atoms with Crippen molar-refractivity contribution in [3.8, 4) is 22.8 Å². The average molecular weight is 541 g/mol. The van der Waals surface area contributed by atoms with Crippen LogP contribution in [0.2, 0.25) is 0 Å². The summed E-state index contributed by atoms with van der Waals surface area (Å²) in [7, 11) is 0. The number of para-hydroxylation sites is 2. The second-order valence-corrected chi connectivity index (χ2v) is 9.33. The molecule has 5 rings (SSSR count). The maximum absolute atomic E-state index is 10.8. The average Bonchev–Trinajstić information content (AvgIpc) is 2.98. The van der Waals surface area contributed by atoms with E-state index in [0.717, 1.165) is 53.6 Å². The summed E-state index contributed by atoms with van der Waals surface area (Å²) in [5.74, 6) is 2.62. The molecule has 0 radical (unpaired) electrons. The number of carboxylic acid groups (broad SMARTS) is 1. The van der Waals surface area contributed by atoms with Gasteiger partial charge in [-0.05, 0) is 56.2 Å². The number of benzene rings is 2. The summed E-state index contributed by atoms with van der Waals surface area (Å²) in [6.45, 7) is 3.98. The molecule has 1 aliphatic heterocycles. The monoisotopic (exact) mass is 540 g/mol. The number of pyridine rings is 1. The van der Waals surface area contributed by atoms with E-state index in [9.17, 15) is 4.79 Å². The lowest BCUT2D eigenvalue weighted by atomic mass is 10.1. The molecular weight excluding hydrogens is 508 g/mol. The molecule has 4 aromatic rings. The molecular formula is C30H32N6O4. The largest absolute Gasteiger partial charge is 0.490 e. The lowest BCUT2D eigenvalue weighted by Crippen LogP contribution is -2.41. The molecule has 2 aromatic heterocycles. The van der Waals surface area contributed by atoms with Gasteiger partial charge in [0, 0.05) is 17.8 Å². The van der Waals surface area contributed by atoms with E-state index >= 15 is 0 Å². The highest BCUT2D eigenvalue weighted by molar-refractivity contribution is 5.73. The Kier molecular flexibility index (Phi) is 8.55. The summed E-state index contributed by atoms with van der Waals surface area (Å²) in [5.41, 5.74) is 2.42. The van der Waals surface area contributed by atoms with Crippen LogP contribution >= 0.6 is 0 Å². The number of hydrogen-bond donors (Lipinski definition) is 3. The van der Waals surface area contributed by atoms with E-state index in [4.69, 9.17) is 24.5 Å². The van der Waals surface area contributed by atoms with Crippen LogP contribution in [-0.2, 0) is 4.79 Å². The molecule has 0 saturated carbocycles. The van der Waals surface area contributed by atoms with Crippen molar-refractivity contribution in [2.45, 2.75) is 25.9 Å². The molecule has 3 N–H and O–H groups in total. The first-order chi connectivity index (χ1) is 19.6. The third-order valence-corrected chi connectivity index (χ3v) is 6.40. The number of carbonyl (C=O) groups is 1. The van der Waals surface area contributed by atoms with Gasteiger partial charge in [0.05, 0.1) is 31.2 Å². The molecule has 0 spiro atoms. The number of aromatic nitrogens is 3. The fourth-order valence-electron chi connectivity index (χ4n) is 4.55. The van der Waals surface area contributed by atoms with Crippen LogP contribution in [-0.4, -0.2) is 58.4 Å². The fraction of sp³-hybridized carbons (Fsp3) is 0.267. The van der Waals surface area contributed by atoms with Crippen molar-refractivity contribution in [1.82, 2.24) is 15.0 Å². The van der Waals surface area contributed by atoms with E-state index in [1.807, 2.05) is 73.7 Å². The number of anilines is 4. The van der Waals surface area contributed by atoms with Crippen molar-refractivity contribution < 1.29 is 19.4 Å². The minimum absolute atomic E-state index is 0.0119. The van der Waals surface area contributed by atoms with Gasteiger partial charge in [-0.25, -0.2) is 9.97 Å². The first-order valence-electron chi connectivity index (χ1n) is 13.3. The molecule has 3 heterocycles. The van der Waals surface area contributed by atoms with Crippen LogP contribution in [0.4, 0.5) is 23.1 Å². The lowest BCUT2D eigenvalue weighted by molar-refractivity contribution is -0.134. The van der Waals surface area contributed by atoms with Crippen molar-refractivity contribution in [3.05, 3.63) is 79.1 Å². The molecule has 10 nitrogen and oxygen atoms in total. The van der Waals surface area contributed by atoms with E-state index in [2.05, 4.69) is 20.5 Å². The van der Waals surface area contributed by atoms with Crippen LogP contribution in [0.5, 0.6) is 11.5 Å². The zero-order valence-corrected chi connectivity index (χ0v) is 22.3. The number of hydrogen-bond acceptors (Lipinski definition) is 9. The molecule has 10 heteroatoms. The quantitative estimate of drug-likeness (QED) is 0.233. The van der Waals surface area contributed by atoms with Gasteiger partial charge in [-0.15, -0.1) is 0 Å². The summed E-state index contributed by atoms with van der Waals surface area (Å²) in [5, 5.41) is 15.0. The lowest BCUT2D eigenvalue weighted by Gasteiger charge is -2.33. The summed E-state index contributed by atoms with van der Waals surface area (Å²) in [4.78, 5) is 26.9. The van der Waals surface area contributed by atoms with Gasteiger partial charge in [-0.3, -0.25) is 9.78 Å². The van der Waals surface area contributed by atoms with Gasteiger partial charge < -0.3 is 30.1 Å². The fourth-order valence-corrected chi connectivity index (χ4v) is 4.55. The van der Waals surface area contributed by atoms with E-state index in [1.54, 1.807) is 12.4 Å². The van der Waals surface area contributed by atoms with Crippen molar-refractivity contribution in [3.63, 3.8) is 0 Å². The Morgan fingerprint density at radius 2 is 1.82 bits per heavy atom. The summed E-state index contributed by atoms with van der Waals surface area (Å²) >= 11 is 0. The number of aliphatic carboxylic acids is 1. The van der Waals surface area contributed by atoms with Crippen LogP contribution < -0.4 is 25.0 Å². The Hall–Kier alpha value is -4.86.